The van der Waals surface area contributed by atoms with Crippen molar-refractivity contribution >= 4 is 22.8 Å². The zero-order valence-electron chi connectivity index (χ0n) is 20.1. The summed E-state index contributed by atoms with van der Waals surface area (Å²) in [6, 6.07) is 15.5. The monoisotopic (exact) mass is 460 g/mol. The normalized spacial score (nSPS) is 24.7. The maximum atomic E-state index is 13.9. The molecule has 0 saturated heterocycles. The molecule has 0 spiro atoms. The van der Waals surface area contributed by atoms with Gasteiger partial charge in [-0.2, -0.15) is 0 Å². The van der Waals surface area contributed by atoms with Gasteiger partial charge in [-0.3, -0.25) is 9.59 Å². The second kappa shape index (κ2) is 8.78. The minimum absolute atomic E-state index is 0.113. The minimum Gasteiger partial charge on any atom is -0.496 e. The highest BCUT2D eigenvalue weighted by molar-refractivity contribution is 6.01. The molecule has 178 valence electrons. The summed E-state index contributed by atoms with van der Waals surface area (Å²) in [6.07, 6.45) is 4.41. The topological polar surface area (TPSA) is 76.5 Å². The van der Waals surface area contributed by atoms with Crippen molar-refractivity contribution in [3.8, 4) is 5.75 Å². The Morgan fingerprint density at radius 1 is 1.15 bits per heavy atom. The molecule has 5 rings (SSSR count). The van der Waals surface area contributed by atoms with E-state index >= 15 is 0 Å². The molecule has 7 heteroatoms. The van der Waals surface area contributed by atoms with Gasteiger partial charge in [0, 0.05) is 11.6 Å². The fourth-order valence-electron chi connectivity index (χ4n) is 5.44. The van der Waals surface area contributed by atoms with E-state index in [9.17, 15) is 9.59 Å². The van der Waals surface area contributed by atoms with Gasteiger partial charge < -0.3 is 19.5 Å². The number of hydrogen-bond donors (Lipinski definition) is 1. The van der Waals surface area contributed by atoms with Gasteiger partial charge in [-0.15, -0.1) is 0 Å². The molecule has 1 N–H and O–H groups in total. The van der Waals surface area contributed by atoms with Gasteiger partial charge in [-0.25, -0.2) is 4.98 Å². The maximum absolute atomic E-state index is 13.9. The molecular formula is C27H32N4O3. The summed E-state index contributed by atoms with van der Waals surface area (Å²) in [7, 11) is 1.62. The molecule has 7 nitrogen and oxygen atoms in total. The lowest BCUT2D eigenvalue weighted by molar-refractivity contribution is -0.134. The third-order valence-corrected chi connectivity index (χ3v) is 7.59. The van der Waals surface area contributed by atoms with Crippen molar-refractivity contribution in [1.29, 1.82) is 0 Å². The average molecular weight is 461 g/mol. The van der Waals surface area contributed by atoms with Crippen LogP contribution in [0.2, 0.25) is 0 Å². The molecule has 0 radical (unpaired) electrons. The predicted octanol–water partition coefficient (Wildman–Crippen LogP) is 4.15. The summed E-state index contributed by atoms with van der Waals surface area (Å²) in [6.45, 7) is 4.68. The van der Waals surface area contributed by atoms with Crippen molar-refractivity contribution in [2.45, 2.75) is 64.2 Å². The largest absolute Gasteiger partial charge is 0.496 e. The Hall–Kier alpha value is -3.35. The number of fused-ring (bicyclic) bond motifs is 3. The van der Waals surface area contributed by atoms with E-state index in [1.165, 1.54) is 6.42 Å². The van der Waals surface area contributed by atoms with Crippen LogP contribution in [-0.2, 0) is 17.9 Å². The van der Waals surface area contributed by atoms with Crippen molar-refractivity contribution in [3.63, 3.8) is 0 Å². The molecule has 1 fully saturated rings. The number of rotatable bonds is 5. The van der Waals surface area contributed by atoms with Crippen LogP contribution in [-0.4, -0.2) is 45.0 Å². The molecule has 3 atom stereocenters. The highest BCUT2D eigenvalue weighted by atomic mass is 16.5. The molecule has 1 aliphatic heterocycles. The van der Waals surface area contributed by atoms with Gasteiger partial charge in [-0.05, 0) is 43.9 Å². The molecule has 0 bridgehead atoms. The van der Waals surface area contributed by atoms with Gasteiger partial charge in [0.1, 0.15) is 11.3 Å². The number of carbonyl (C=O) groups is 2. The molecule has 2 amide bonds. The van der Waals surface area contributed by atoms with Crippen LogP contribution in [0.5, 0.6) is 5.75 Å². The molecular weight excluding hydrogens is 428 g/mol. The van der Waals surface area contributed by atoms with Gasteiger partial charge in [0.2, 0.25) is 5.91 Å². The molecule has 1 aliphatic carbocycles. The van der Waals surface area contributed by atoms with Crippen molar-refractivity contribution < 1.29 is 14.3 Å². The van der Waals surface area contributed by atoms with E-state index < -0.39 is 5.54 Å². The van der Waals surface area contributed by atoms with Gasteiger partial charge in [-0.1, -0.05) is 50.1 Å². The van der Waals surface area contributed by atoms with Gasteiger partial charge in [0.15, 0.2) is 5.82 Å². The number of ether oxygens (including phenoxy) is 1. The van der Waals surface area contributed by atoms with E-state index in [2.05, 4.69) is 17.2 Å². The Labute approximate surface area is 200 Å². The Kier molecular flexibility index (Phi) is 5.80. The van der Waals surface area contributed by atoms with Crippen molar-refractivity contribution in [1.82, 2.24) is 19.8 Å². The average Bonchev–Trinajstić information content (AvgIpc) is 3.22. The first-order valence-electron chi connectivity index (χ1n) is 12.1. The van der Waals surface area contributed by atoms with E-state index in [1.807, 2.05) is 60.0 Å². The van der Waals surface area contributed by atoms with Crippen LogP contribution in [0.15, 0.2) is 48.5 Å². The molecule has 3 aromatic rings. The summed E-state index contributed by atoms with van der Waals surface area (Å²) in [5.41, 5.74) is 1.40. The number of aromatic nitrogens is 2. The van der Waals surface area contributed by atoms with Crippen LogP contribution >= 0.6 is 0 Å². The van der Waals surface area contributed by atoms with Gasteiger partial charge >= 0.3 is 0 Å². The van der Waals surface area contributed by atoms with Crippen LogP contribution in [0.4, 0.5) is 0 Å². The summed E-state index contributed by atoms with van der Waals surface area (Å²) >= 11 is 0. The van der Waals surface area contributed by atoms with Crippen LogP contribution < -0.4 is 10.1 Å². The maximum Gasteiger partial charge on any atom is 0.291 e. The Morgan fingerprint density at radius 2 is 1.88 bits per heavy atom. The lowest BCUT2D eigenvalue weighted by Crippen LogP contribution is -2.65. The van der Waals surface area contributed by atoms with Crippen molar-refractivity contribution in [2.24, 2.45) is 5.92 Å². The third kappa shape index (κ3) is 3.73. The molecule has 1 saturated carbocycles. The lowest BCUT2D eigenvalue weighted by Gasteiger charge is -2.45. The number of hydrogen-bond acceptors (Lipinski definition) is 4. The number of para-hydroxylation sites is 3. The highest BCUT2D eigenvalue weighted by Crippen LogP contribution is 2.34. The fraction of sp³-hybridized carbons (Fsp3) is 0.444. The number of nitrogens with one attached hydrogen (secondary N) is 1. The number of carbonyl (C=O) groups excluding carboxylic acids is 2. The third-order valence-electron chi connectivity index (χ3n) is 7.59. The molecule has 0 unspecified atom stereocenters. The first kappa shape index (κ1) is 22.4. The van der Waals surface area contributed by atoms with E-state index in [0.717, 1.165) is 35.9 Å². The number of imidazole rings is 1. The molecule has 34 heavy (non-hydrogen) atoms. The van der Waals surface area contributed by atoms with Crippen molar-refractivity contribution in [3.05, 3.63) is 59.9 Å². The highest BCUT2D eigenvalue weighted by Gasteiger charge is 2.49. The van der Waals surface area contributed by atoms with E-state index in [1.54, 1.807) is 12.0 Å². The summed E-state index contributed by atoms with van der Waals surface area (Å²) in [5.74, 6) is 1.12. The first-order valence-corrected chi connectivity index (χ1v) is 12.1. The molecule has 2 aromatic carbocycles. The SMILES string of the molecule is COc1ccccc1CN1C(=O)c2nc3ccccc3n2C[C@]1(C)C(=O)N[C@@H]1CCCC[C@H]1C. The summed E-state index contributed by atoms with van der Waals surface area (Å²) < 4.78 is 7.45. The van der Waals surface area contributed by atoms with Crippen LogP contribution in [0.25, 0.3) is 11.0 Å². The number of amides is 2. The minimum atomic E-state index is -1.08. The van der Waals surface area contributed by atoms with Crippen molar-refractivity contribution in [2.75, 3.05) is 7.11 Å². The van der Waals surface area contributed by atoms with Crippen LogP contribution in [0, 0.1) is 5.92 Å². The second-order valence-corrected chi connectivity index (χ2v) is 9.83. The molecule has 2 heterocycles. The van der Waals surface area contributed by atoms with E-state index in [4.69, 9.17) is 4.74 Å². The van der Waals surface area contributed by atoms with Gasteiger partial charge in [0.25, 0.3) is 5.91 Å². The molecule has 1 aromatic heterocycles. The Balaban J connectivity index is 1.57. The summed E-state index contributed by atoms with van der Waals surface area (Å²) in [4.78, 5) is 34.1. The predicted molar refractivity (Wildman–Crippen MR) is 131 cm³/mol. The molecule has 2 aliphatic rings. The van der Waals surface area contributed by atoms with E-state index in [-0.39, 0.29) is 24.4 Å². The number of benzene rings is 2. The fourth-order valence-corrected chi connectivity index (χ4v) is 5.44. The standard InChI is InChI=1S/C27H32N4O3/c1-18-10-4-6-12-20(18)29-26(33)27(2)17-30-22-14-8-7-13-21(22)28-24(30)25(32)31(27)16-19-11-5-9-15-23(19)34-3/h5,7-9,11,13-15,18,20H,4,6,10,12,16-17H2,1-3H3,(H,29,33)/t18-,20-,27-/m1/s1. The smallest absolute Gasteiger partial charge is 0.291 e. The lowest BCUT2D eigenvalue weighted by atomic mass is 9.85. The second-order valence-electron chi connectivity index (χ2n) is 9.83. The zero-order valence-corrected chi connectivity index (χ0v) is 20.1. The number of methoxy groups -OCH3 is 1. The first-order chi connectivity index (χ1) is 16.4. The summed E-state index contributed by atoms with van der Waals surface area (Å²) in [5, 5.41) is 3.32. The van der Waals surface area contributed by atoms with Gasteiger partial charge in [0.05, 0.1) is 31.2 Å². The Morgan fingerprint density at radius 3 is 2.68 bits per heavy atom. The van der Waals surface area contributed by atoms with Crippen LogP contribution in [0.3, 0.4) is 0 Å². The van der Waals surface area contributed by atoms with Crippen LogP contribution in [0.1, 0.15) is 55.7 Å². The Bertz CT molecular complexity index is 1240. The zero-order chi connectivity index (χ0) is 23.9. The number of nitrogens with zero attached hydrogens (tertiary/aromatic N) is 3. The van der Waals surface area contributed by atoms with E-state index in [0.29, 0.717) is 24.0 Å². The quantitative estimate of drug-likeness (QED) is 0.621.